The van der Waals surface area contributed by atoms with Crippen LogP contribution in [0.25, 0.3) is 11.1 Å². The van der Waals surface area contributed by atoms with Crippen molar-refractivity contribution in [2.75, 3.05) is 0 Å². The number of urea groups is 1. The van der Waals surface area contributed by atoms with E-state index in [0.717, 1.165) is 16.7 Å². The number of nitrogens with one attached hydrogen (secondary N) is 2. The van der Waals surface area contributed by atoms with Crippen LogP contribution in [0.4, 0.5) is 4.79 Å². The van der Waals surface area contributed by atoms with Crippen LogP contribution in [0, 0.1) is 5.92 Å². The van der Waals surface area contributed by atoms with Gasteiger partial charge < -0.3 is 26.0 Å². The predicted molar refractivity (Wildman–Crippen MR) is 112 cm³/mol. The first kappa shape index (κ1) is 23.4. The molecular weight excluding hydrogens is 404 g/mol. The number of aliphatic carboxylic acids is 3. The molecule has 5 N–H and O–H groups in total. The van der Waals surface area contributed by atoms with Crippen molar-refractivity contribution in [3.63, 3.8) is 0 Å². The number of carbonyl (C=O) groups excluding carboxylic acids is 1. The zero-order chi connectivity index (χ0) is 23.0. The number of rotatable bonds is 10. The highest BCUT2D eigenvalue weighted by atomic mass is 16.4. The summed E-state index contributed by atoms with van der Waals surface area (Å²) in [5.74, 6) is -5.24. The first-order valence-corrected chi connectivity index (χ1v) is 9.57. The van der Waals surface area contributed by atoms with Crippen LogP contribution in [0.1, 0.15) is 18.9 Å². The maximum absolute atomic E-state index is 12.2. The highest BCUT2D eigenvalue weighted by Crippen LogP contribution is 2.20. The average molecular weight is 428 g/mol. The fraction of sp³-hybridized carbons (Fsp3) is 0.273. The van der Waals surface area contributed by atoms with Crippen LogP contribution in [0.2, 0.25) is 0 Å². The summed E-state index contributed by atoms with van der Waals surface area (Å²) < 4.78 is 0. The van der Waals surface area contributed by atoms with E-state index in [9.17, 15) is 24.3 Å². The van der Waals surface area contributed by atoms with Crippen LogP contribution in [-0.2, 0) is 20.8 Å². The van der Waals surface area contributed by atoms with Crippen LogP contribution < -0.4 is 10.6 Å². The van der Waals surface area contributed by atoms with Gasteiger partial charge in [0, 0.05) is 6.04 Å². The Balaban J connectivity index is 2.12. The number of benzene rings is 2. The van der Waals surface area contributed by atoms with Gasteiger partial charge in [-0.25, -0.2) is 14.4 Å². The molecule has 0 heterocycles. The molecule has 0 unspecified atom stereocenters. The van der Waals surface area contributed by atoms with E-state index in [0.29, 0.717) is 0 Å². The average Bonchev–Trinajstić information content (AvgIpc) is 2.72. The van der Waals surface area contributed by atoms with Crippen LogP contribution in [0.5, 0.6) is 0 Å². The van der Waals surface area contributed by atoms with Gasteiger partial charge in [-0.3, -0.25) is 4.79 Å². The normalized spacial score (nSPS) is 12.6. The molecule has 0 aliphatic carbocycles. The van der Waals surface area contributed by atoms with E-state index in [1.165, 1.54) is 6.92 Å². The molecule has 0 fully saturated rings. The smallest absolute Gasteiger partial charge is 0.338 e. The molecule has 0 radical (unpaired) electrons. The van der Waals surface area contributed by atoms with Gasteiger partial charge in [0.2, 0.25) is 6.04 Å². The summed E-state index contributed by atoms with van der Waals surface area (Å²) in [5, 5.41) is 31.4. The molecule has 0 aliphatic heterocycles. The molecule has 31 heavy (non-hydrogen) atoms. The second kappa shape index (κ2) is 10.8. The molecule has 9 nitrogen and oxygen atoms in total. The van der Waals surface area contributed by atoms with Crippen molar-refractivity contribution in [1.29, 1.82) is 0 Å². The molecule has 0 bridgehead atoms. The first-order chi connectivity index (χ1) is 14.7. The first-order valence-electron chi connectivity index (χ1n) is 9.57. The molecule has 9 heteroatoms. The molecule has 0 spiro atoms. The number of carboxylic acids is 3. The fourth-order valence-corrected chi connectivity index (χ4v) is 3.06. The van der Waals surface area contributed by atoms with Crippen molar-refractivity contribution in [3.8, 4) is 11.1 Å². The largest absolute Gasteiger partial charge is 0.481 e. The molecule has 2 rings (SSSR count). The number of hydrogen-bond acceptors (Lipinski definition) is 4. The lowest BCUT2D eigenvalue weighted by Gasteiger charge is -2.22. The van der Waals surface area contributed by atoms with Gasteiger partial charge in [0.25, 0.3) is 0 Å². The third-order valence-corrected chi connectivity index (χ3v) is 4.71. The van der Waals surface area contributed by atoms with Crippen molar-refractivity contribution in [2.45, 2.75) is 31.8 Å². The van der Waals surface area contributed by atoms with Gasteiger partial charge >= 0.3 is 23.9 Å². The summed E-state index contributed by atoms with van der Waals surface area (Å²) in [7, 11) is 0. The van der Waals surface area contributed by atoms with Gasteiger partial charge in [-0.2, -0.15) is 0 Å². The Morgan fingerprint density at radius 3 is 1.84 bits per heavy atom. The molecular formula is C22H24N2O7. The third kappa shape index (κ3) is 7.14. The predicted octanol–water partition coefficient (Wildman–Crippen LogP) is 2.21. The van der Waals surface area contributed by atoms with E-state index < -0.39 is 41.9 Å². The molecule has 2 atom stereocenters. The summed E-state index contributed by atoms with van der Waals surface area (Å²) in [4.78, 5) is 45.3. The van der Waals surface area contributed by atoms with Gasteiger partial charge in [-0.1, -0.05) is 61.5 Å². The molecule has 0 aromatic heterocycles. The molecule has 0 saturated carbocycles. The Hall–Kier alpha value is -3.88. The highest BCUT2D eigenvalue weighted by Gasteiger charge is 2.29. The Labute approximate surface area is 178 Å². The van der Waals surface area contributed by atoms with E-state index in [4.69, 9.17) is 10.2 Å². The summed E-state index contributed by atoms with van der Waals surface area (Å²) in [6, 6.07) is 13.5. The van der Waals surface area contributed by atoms with E-state index in [1.54, 1.807) is 0 Å². The fourth-order valence-electron chi connectivity index (χ4n) is 3.06. The second-order valence-corrected chi connectivity index (χ2v) is 7.17. The standard InChI is InChI=1S/C22H24N2O7/c1-13(19(25)26)11-17(23-22(31)24-18(20(27)28)21(29)30)12-14-7-9-16(10-8-14)15-5-3-2-4-6-15/h2-10,13,17-18H,11-12H2,1H3,(H,25,26)(H,27,28)(H,29,30)(H2,23,24,31)/t13-,17+/m1/s1. The Kier molecular flexibility index (Phi) is 8.13. The van der Waals surface area contributed by atoms with Crippen LogP contribution >= 0.6 is 0 Å². The minimum absolute atomic E-state index is 0.0774. The third-order valence-electron chi connectivity index (χ3n) is 4.71. The highest BCUT2D eigenvalue weighted by molar-refractivity contribution is 6.00. The van der Waals surface area contributed by atoms with Crippen molar-refractivity contribution in [2.24, 2.45) is 5.92 Å². The molecule has 0 aliphatic rings. The Bertz CT molecular complexity index is 915. The van der Waals surface area contributed by atoms with Gasteiger partial charge in [-0.15, -0.1) is 0 Å². The summed E-state index contributed by atoms with van der Waals surface area (Å²) in [6.07, 6.45) is 0.360. The number of hydrogen-bond donors (Lipinski definition) is 5. The lowest BCUT2D eigenvalue weighted by molar-refractivity contribution is -0.150. The zero-order valence-corrected chi connectivity index (χ0v) is 16.8. The van der Waals surface area contributed by atoms with Crippen molar-refractivity contribution >= 4 is 23.9 Å². The van der Waals surface area contributed by atoms with Crippen LogP contribution in [-0.4, -0.2) is 51.3 Å². The summed E-state index contributed by atoms with van der Waals surface area (Å²) in [6.45, 7) is 1.49. The van der Waals surface area contributed by atoms with E-state index >= 15 is 0 Å². The summed E-state index contributed by atoms with van der Waals surface area (Å²) in [5.41, 5.74) is 2.86. The topological polar surface area (TPSA) is 153 Å². The van der Waals surface area contributed by atoms with Gasteiger partial charge in [0.15, 0.2) is 0 Å². The number of amides is 2. The van der Waals surface area contributed by atoms with E-state index in [2.05, 4.69) is 5.32 Å². The zero-order valence-electron chi connectivity index (χ0n) is 16.8. The minimum atomic E-state index is -2.11. The van der Waals surface area contributed by atoms with Crippen molar-refractivity contribution in [3.05, 3.63) is 60.2 Å². The summed E-state index contributed by atoms with van der Waals surface area (Å²) >= 11 is 0. The number of carboxylic acid groups (broad SMARTS) is 3. The van der Waals surface area contributed by atoms with Crippen molar-refractivity contribution in [1.82, 2.24) is 10.6 Å². The molecule has 164 valence electrons. The number of carbonyl (C=O) groups is 4. The van der Waals surface area contributed by atoms with Crippen LogP contribution in [0.15, 0.2) is 54.6 Å². The maximum atomic E-state index is 12.2. The molecule has 2 amide bonds. The Morgan fingerprint density at radius 1 is 0.774 bits per heavy atom. The minimum Gasteiger partial charge on any atom is -0.481 e. The van der Waals surface area contributed by atoms with E-state index in [1.807, 2.05) is 59.9 Å². The monoisotopic (exact) mass is 428 g/mol. The molecule has 2 aromatic carbocycles. The molecule has 0 saturated heterocycles. The van der Waals surface area contributed by atoms with Gasteiger partial charge in [-0.05, 0) is 29.5 Å². The lowest BCUT2D eigenvalue weighted by atomic mass is 9.95. The quantitative estimate of drug-likeness (QED) is 0.364. The van der Waals surface area contributed by atoms with E-state index in [-0.39, 0.29) is 12.8 Å². The van der Waals surface area contributed by atoms with Crippen molar-refractivity contribution < 1.29 is 34.5 Å². The second-order valence-electron chi connectivity index (χ2n) is 7.17. The Morgan fingerprint density at radius 2 is 1.32 bits per heavy atom. The van der Waals surface area contributed by atoms with Gasteiger partial charge in [0.05, 0.1) is 5.92 Å². The maximum Gasteiger partial charge on any atom is 0.338 e. The van der Waals surface area contributed by atoms with Crippen LogP contribution in [0.3, 0.4) is 0 Å². The molecule has 2 aromatic rings. The SMILES string of the molecule is C[C@H](C[C@@H](Cc1ccc(-c2ccccc2)cc1)NC(=O)NC(C(=O)O)C(=O)O)C(=O)O. The lowest BCUT2D eigenvalue weighted by Crippen LogP contribution is -2.53. The van der Waals surface area contributed by atoms with Gasteiger partial charge in [0.1, 0.15) is 0 Å².